The molecule has 1 rings (SSSR count). The molecule has 0 fully saturated rings. The molecule has 0 amide bonds. The summed E-state index contributed by atoms with van der Waals surface area (Å²) in [5.74, 6) is -2.75. The molecule has 0 aliphatic heterocycles. The van der Waals surface area contributed by atoms with Crippen LogP contribution in [0.5, 0.6) is 0 Å². The van der Waals surface area contributed by atoms with Gasteiger partial charge in [0.25, 0.3) is 0 Å². The van der Waals surface area contributed by atoms with Crippen LogP contribution >= 0.6 is 7.60 Å². The molecule has 0 aromatic heterocycles. The third-order valence-electron chi connectivity index (χ3n) is 2.49. The molecule has 4 nitrogen and oxygen atoms in total. The molecule has 0 bridgehead atoms. The number of ketones is 1. The van der Waals surface area contributed by atoms with Crippen LogP contribution in [-0.2, 0) is 19.8 Å². The molecule has 0 spiro atoms. The van der Waals surface area contributed by atoms with E-state index in [0.29, 0.717) is 6.07 Å². The zero-order valence-corrected chi connectivity index (χ0v) is 11.4. The summed E-state index contributed by atoms with van der Waals surface area (Å²) in [7, 11) is -1.84. The maximum Gasteiger partial charge on any atom is 0.419 e. The molecular weight excluding hydrogens is 303 g/mol. The number of Topliss-reactive ketones (excluding diaryl/α,β-unsaturated/α-hetero) is 1. The van der Waals surface area contributed by atoms with Crippen LogP contribution in [0.3, 0.4) is 0 Å². The highest BCUT2D eigenvalue weighted by atomic mass is 31.2. The average Bonchev–Trinajstić information content (AvgIpc) is 2.36. The molecule has 1 aromatic rings. The monoisotopic (exact) mass is 314 g/mol. The highest BCUT2D eigenvalue weighted by Crippen LogP contribution is 2.47. The van der Waals surface area contributed by atoms with Crippen molar-refractivity contribution < 1.29 is 36.0 Å². The number of carbonyl (C=O) groups excluding carboxylic acids is 1. The lowest BCUT2D eigenvalue weighted by Gasteiger charge is -2.15. The Morgan fingerprint density at radius 1 is 1.25 bits per heavy atom. The van der Waals surface area contributed by atoms with E-state index in [0.717, 1.165) is 26.4 Å². The SMILES string of the molecule is COP(=O)(CC(=O)c1cccc(F)c1C(F)(F)F)OC. The fourth-order valence-electron chi connectivity index (χ4n) is 1.51. The first-order valence-corrected chi connectivity index (χ1v) is 6.97. The highest BCUT2D eigenvalue weighted by molar-refractivity contribution is 7.54. The molecule has 0 unspecified atom stereocenters. The summed E-state index contributed by atoms with van der Waals surface area (Å²) in [4.78, 5) is 11.8. The second-order valence-electron chi connectivity index (χ2n) is 3.72. The molecular formula is C11H11F4O4P. The Morgan fingerprint density at radius 2 is 1.80 bits per heavy atom. The molecule has 0 saturated heterocycles. The number of carbonyl (C=O) groups is 1. The maximum atomic E-state index is 13.3. The molecule has 0 heterocycles. The van der Waals surface area contributed by atoms with Crippen LogP contribution in [0.2, 0.25) is 0 Å². The van der Waals surface area contributed by atoms with Gasteiger partial charge in [0.1, 0.15) is 17.5 Å². The van der Waals surface area contributed by atoms with Crippen LogP contribution in [0.15, 0.2) is 18.2 Å². The van der Waals surface area contributed by atoms with Gasteiger partial charge in [-0.25, -0.2) is 4.39 Å². The van der Waals surface area contributed by atoms with Gasteiger partial charge in [-0.15, -0.1) is 0 Å². The largest absolute Gasteiger partial charge is 0.419 e. The normalized spacial score (nSPS) is 12.5. The van der Waals surface area contributed by atoms with E-state index < -0.39 is 42.7 Å². The topological polar surface area (TPSA) is 52.6 Å². The molecule has 0 aliphatic carbocycles. The van der Waals surface area contributed by atoms with Crippen molar-refractivity contribution in [2.45, 2.75) is 6.18 Å². The lowest BCUT2D eigenvalue weighted by Crippen LogP contribution is -2.18. The van der Waals surface area contributed by atoms with E-state index in [9.17, 15) is 26.9 Å². The number of benzene rings is 1. The predicted molar refractivity (Wildman–Crippen MR) is 62.2 cm³/mol. The van der Waals surface area contributed by atoms with E-state index in [1.807, 2.05) is 0 Å². The van der Waals surface area contributed by atoms with Crippen molar-refractivity contribution in [1.29, 1.82) is 0 Å². The summed E-state index contributed by atoms with van der Waals surface area (Å²) >= 11 is 0. The van der Waals surface area contributed by atoms with Crippen molar-refractivity contribution in [2.75, 3.05) is 20.4 Å². The van der Waals surface area contributed by atoms with Crippen LogP contribution in [0.25, 0.3) is 0 Å². The number of hydrogen-bond acceptors (Lipinski definition) is 4. The summed E-state index contributed by atoms with van der Waals surface area (Å²) in [6.45, 7) is 0. The summed E-state index contributed by atoms with van der Waals surface area (Å²) in [6, 6.07) is 2.36. The van der Waals surface area contributed by atoms with Gasteiger partial charge in [0.2, 0.25) is 0 Å². The van der Waals surface area contributed by atoms with Crippen molar-refractivity contribution in [1.82, 2.24) is 0 Å². The molecule has 0 aliphatic rings. The zero-order valence-electron chi connectivity index (χ0n) is 10.5. The van der Waals surface area contributed by atoms with Gasteiger partial charge in [-0.2, -0.15) is 13.2 Å². The van der Waals surface area contributed by atoms with Gasteiger partial charge in [-0.05, 0) is 6.07 Å². The van der Waals surface area contributed by atoms with Gasteiger partial charge in [0.15, 0.2) is 5.78 Å². The second-order valence-corrected chi connectivity index (χ2v) is 5.99. The molecule has 20 heavy (non-hydrogen) atoms. The number of alkyl halides is 3. The number of hydrogen-bond donors (Lipinski definition) is 0. The fourth-order valence-corrected chi connectivity index (χ4v) is 2.44. The molecule has 112 valence electrons. The Bertz CT molecular complexity index is 548. The maximum absolute atomic E-state index is 13.3. The Hall–Kier alpha value is -1.24. The minimum atomic E-state index is -5.04. The molecule has 9 heteroatoms. The van der Waals surface area contributed by atoms with E-state index in [2.05, 4.69) is 9.05 Å². The first kappa shape index (κ1) is 16.8. The van der Waals surface area contributed by atoms with E-state index >= 15 is 0 Å². The van der Waals surface area contributed by atoms with Crippen LogP contribution in [0.1, 0.15) is 15.9 Å². The average molecular weight is 314 g/mol. The predicted octanol–water partition coefficient (Wildman–Crippen LogP) is 3.51. The Balaban J connectivity index is 3.25. The summed E-state index contributed by atoms with van der Waals surface area (Å²) in [6.07, 6.45) is -5.95. The van der Waals surface area contributed by atoms with Crippen molar-refractivity contribution in [2.24, 2.45) is 0 Å². The van der Waals surface area contributed by atoms with Crippen LogP contribution in [-0.4, -0.2) is 26.2 Å². The third kappa shape index (κ3) is 3.65. The smallest absolute Gasteiger partial charge is 0.312 e. The van der Waals surface area contributed by atoms with Crippen molar-refractivity contribution >= 4 is 13.4 Å². The molecule has 0 N–H and O–H groups in total. The van der Waals surface area contributed by atoms with Gasteiger partial charge in [0, 0.05) is 19.8 Å². The summed E-state index contributed by atoms with van der Waals surface area (Å²) in [5.41, 5.74) is -2.60. The molecule has 0 saturated carbocycles. The standard InChI is InChI=1S/C11H11F4O4P/c1-18-20(17,19-2)6-9(16)7-4-3-5-8(12)10(7)11(13,14)15/h3-5H,6H2,1-2H3. The van der Waals surface area contributed by atoms with Crippen LogP contribution in [0.4, 0.5) is 17.6 Å². The lowest BCUT2D eigenvalue weighted by atomic mass is 10.0. The van der Waals surface area contributed by atoms with Gasteiger partial charge in [0.05, 0.1) is 0 Å². The van der Waals surface area contributed by atoms with Crippen molar-refractivity contribution in [3.8, 4) is 0 Å². The molecule has 0 radical (unpaired) electrons. The summed E-state index contributed by atoms with van der Waals surface area (Å²) in [5, 5.41) is 0. The first-order valence-electron chi connectivity index (χ1n) is 5.24. The number of halogens is 4. The minimum Gasteiger partial charge on any atom is -0.312 e. The minimum absolute atomic E-state index is 0.589. The Kier molecular flexibility index (Phi) is 5.07. The first-order chi connectivity index (χ1) is 9.14. The van der Waals surface area contributed by atoms with Gasteiger partial charge in [-0.1, -0.05) is 12.1 Å². The number of rotatable bonds is 5. The quantitative estimate of drug-likeness (QED) is 0.474. The van der Waals surface area contributed by atoms with Gasteiger partial charge in [-0.3, -0.25) is 9.36 Å². The summed E-state index contributed by atoms with van der Waals surface area (Å²) < 4.78 is 72.2. The third-order valence-corrected chi connectivity index (χ3v) is 4.28. The second kappa shape index (κ2) is 6.03. The van der Waals surface area contributed by atoms with E-state index in [1.165, 1.54) is 0 Å². The van der Waals surface area contributed by atoms with Gasteiger partial charge < -0.3 is 9.05 Å². The van der Waals surface area contributed by atoms with E-state index in [1.54, 1.807) is 0 Å². The van der Waals surface area contributed by atoms with Crippen molar-refractivity contribution in [3.05, 3.63) is 35.1 Å². The Morgan fingerprint density at radius 3 is 2.25 bits per heavy atom. The van der Waals surface area contributed by atoms with Gasteiger partial charge >= 0.3 is 13.8 Å². The van der Waals surface area contributed by atoms with Crippen molar-refractivity contribution in [3.63, 3.8) is 0 Å². The Labute approximate surface area is 112 Å². The van der Waals surface area contributed by atoms with E-state index in [-0.39, 0.29) is 0 Å². The molecule has 0 atom stereocenters. The highest BCUT2D eigenvalue weighted by Gasteiger charge is 2.39. The van der Waals surface area contributed by atoms with Crippen LogP contribution < -0.4 is 0 Å². The fraction of sp³-hybridized carbons (Fsp3) is 0.364. The lowest BCUT2D eigenvalue weighted by molar-refractivity contribution is -0.140. The molecule has 1 aromatic carbocycles. The van der Waals surface area contributed by atoms with E-state index in [4.69, 9.17) is 0 Å². The zero-order chi connectivity index (χ0) is 15.6. The van der Waals surface area contributed by atoms with Crippen LogP contribution in [0, 0.1) is 5.82 Å².